The highest BCUT2D eigenvalue weighted by atomic mass is 32.2. The molecule has 4 heteroatoms. The predicted molar refractivity (Wildman–Crippen MR) is 99.6 cm³/mol. The van der Waals surface area contributed by atoms with E-state index in [9.17, 15) is 13.8 Å². The van der Waals surface area contributed by atoms with Gasteiger partial charge in [0.15, 0.2) is 11.6 Å². The molecular formula is C22H18O3S. The van der Waals surface area contributed by atoms with Gasteiger partial charge in [0.05, 0.1) is 16.7 Å². The highest BCUT2D eigenvalue weighted by Crippen LogP contribution is 2.59. The van der Waals surface area contributed by atoms with Crippen molar-refractivity contribution in [3.8, 4) is 0 Å². The fourth-order valence-electron chi connectivity index (χ4n) is 5.01. The molecule has 0 unspecified atom stereocenters. The molecule has 0 radical (unpaired) electrons. The second kappa shape index (κ2) is 5.34. The van der Waals surface area contributed by atoms with E-state index in [-0.39, 0.29) is 23.4 Å². The molecular weight excluding hydrogens is 344 g/mol. The molecule has 3 nitrogen and oxygen atoms in total. The summed E-state index contributed by atoms with van der Waals surface area (Å²) >= 11 is 0. The van der Waals surface area contributed by atoms with Gasteiger partial charge in [-0.3, -0.25) is 13.8 Å². The normalized spacial score (nSPS) is 32.4. The molecule has 0 N–H and O–H groups in total. The van der Waals surface area contributed by atoms with Crippen molar-refractivity contribution < 1.29 is 13.8 Å². The highest BCUT2D eigenvalue weighted by Gasteiger charge is 2.68. The molecule has 5 atom stereocenters. The van der Waals surface area contributed by atoms with Gasteiger partial charge >= 0.3 is 0 Å². The Balaban J connectivity index is 1.76. The van der Waals surface area contributed by atoms with Crippen LogP contribution in [0.1, 0.15) is 32.7 Å². The number of rotatable bonds is 2. The van der Waals surface area contributed by atoms with E-state index in [2.05, 4.69) is 0 Å². The van der Waals surface area contributed by atoms with Crippen LogP contribution < -0.4 is 0 Å². The number of carbonyl (C=O) groups is 2. The monoisotopic (exact) mass is 362 g/mol. The smallest absolute Gasteiger partial charge is 0.183 e. The van der Waals surface area contributed by atoms with Gasteiger partial charge in [-0.25, -0.2) is 0 Å². The number of allylic oxidation sites excluding steroid dienone is 2. The summed E-state index contributed by atoms with van der Waals surface area (Å²) in [6, 6.07) is 14.5. The second-order valence-corrected chi connectivity index (χ2v) is 9.17. The van der Waals surface area contributed by atoms with Crippen LogP contribution in [0.15, 0.2) is 65.6 Å². The van der Waals surface area contributed by atoms with Crippen molar-refractivity contribution in [2.75, 3.05) is 0 Å². The topological polar surface area (TPSA) is 51.2 Å². The van der Waals surface area contributed by atoms with E-state index in [0.717, 1.165) is 12.0 Å². The molecule has 1 fully saturated rings. The molecule has 2 bridgehead atoms. The largest absolute Gasteiger partial charge is 0.294 e. The number of Topliss-reactive ketones (excluding diaryl/α,β-unsaturated/α-hetero) is 2. The van der Waals surface area contributed by atoms with Crippen molar-refractivity contribution in [2.24, 2.45) is 17.8 Å². The quantitative estimate of drug-likeness (QED) is 0.765. The first-order valence-electron chi connectivity index (χ1n) is 8.90. The molecule has 5 rings (SSSR count). The Hall–Kier alpha value is -2.33. The third kappa shape index (κ3) is 1.80. The van der Waals surface area contributed by atoms with Gasteiger partial charge < -0.3 is 0 Å². The van der Waals surface area contributed by atoms with Crippen LogP contribution in [0.3, 0.4) is 0 Å². The molecule has 0 spiro atoms. The standard InChI is InChI=1S/C22H18O3S/c1-13-6-10-16(11-7-13)26(25)22-15-9-8-14(12-15)19(22)20(23)17-4-2-3-5-18(17)21(22)24/h2-11,14-15,19H,12H2,1H3/t14-,15+,19+,22-,26-/m0/s1. The van der Waals surface area contributed by atoms with Crippen LogP contribution in [0.25, 0.3) is 0 Å². The van der Waals surface area contributed by atoms with Gasteiger partial charge in [0.2, 0.25) is 0 Å². The number of hydrogen-bond acceptors (Lipinski definition) is 3. The molecule has 26 heavy (non-hydrogen) atoms. The lowest BCUT2D eigenvalue weighted by Gasteiger charge is -2.42. The Kier molecular flexibility index (Phi) is 3.26. The van der Waals surface area contributed by atoms with Crippen molar-refractivity contribution in [3.63, 3.8) is 0 Å². The maximum atomic E-state index is 13.8. The zero-order chi connectivity index (χ0) is 18.1. The maximum Gasteiger partial charge on any atom is 0.183 e. The molecule has 3 aliphatic rings. The fraction of sp³-hybridized carbons (Fsp3) is 0.273. The number of carbonyl (C=O) groups excluding carboxylic acids is 2. The first kappa shape index (κ1) is 15.9. The zero-order valence-electron chi connectivity index (χ0n) is 14.3. The lowest BCUT2D eigenvalue weighted by atomic mass is 9.68. The van der Waals surface area contributed by atoms with Crippen LogP contribution in [-0.2, 0) is 10.8 Å². The van der Waals surface area contributed by atoms with Crippen molar-refractivity contribution in [3.05, 3.63) is 77.4 Å². The number of hydrogen-bond donors (Lipinski definition) is 0. The van der Waals surface area contributed by atoms with Crippen LogP contribution >= 0.6 is 0 Å². The van der Waals surface area contributed by atoms with Crippen LogP contribution in [0.2, 0.25) is 0 Å². The molecule has 0 amide bonds. The van der Waals surface area contributed by atoms with Crippen molar-refractivity contribution in [2.45, 2.75) is 23.0 Å². The Morgan fingerprint density at radius 3 is 2.38 bits per heavy atom. The third-order valence-electron chi connectivity index (χ3n) is 6.17. The Morgan fingerprint density at radius 2 is 1.65 bits per heavy atom. The van der Waals surface area contributed by atoms with Gasteiger partial charge in [0, 0.05) is 21.9 Å². The van der Waals surface area contributed by atoms with Crippen LogP contribution in [-0.4, -0.2) is 20.5 Å². The fourth-order valence-corrected chi connectivity index (χ4v) is 7.02. The van der Waals surface area contributed by atoms with E-state index in [1.807, 2.05) is 43.3 Å². The Bertz CT molecular complexity index is 1000. The minimum atomic E-state index is -1.58. The molecule has 0 heterocycles. The third-order valence-corrected chi connectivity index (χ3v) is 8.23. The summed E-state index contributed by atoms with van der Waals surface area (Å²) in [4.78, 5) is 27.6. The number of ketones is 2. The second-order valence-electron chi connectivity index (χ2n) is 7.48. The lowest BCUT2D eigenvalue weighted by Crippen LogP contribution is -2.58. The van der Waals surface area contributed by atoms with Gasteiger partial charge in [-0.2, -0.15) is 0 Å². The highest BCUT2D eigenvalue weighted by molar-refractivity contribution is 7.87. The van der Waals surface area contributed by atoms with Crippen molar-refractivity contribution >= 4 is 22.4 Å². The van der Waals surface area contributed by atoms with Gasteiger partial charge in [-0.15, -0.1) is 0 Å². The molecule has 0 aliphatic heterocycles. The van der Waals surface area contributed by atoms with E-state index < -0.39 is 21.5 Å². The summed E-state index contributed by atoms with van der Waals surface area (Å²) < 4.78 is 12.6. The minimum Gasteiger partial charge on any atom is -0.294 e. The zero-order valence-corrected chi connectivity index (χ0v) is 15.2. The lowest BCUT2D eigenvalue weighted by molar-refractivity contribution is 0.0752. The predicted octanol–water partition coefficient (Wildman–Crippen LogP) is 3.74. The van der Waals surface area contributed by atoms with Crippen LogP contribution in [0.4, 0.5) is 0 Å². The SMILES string of the molecule is Cc1ccc([S@](=O)[C@]23C(=O)c4ccccc4C(=O)[C@H]2[C@H]2C=C[C@@H]3C2)cc1. The summed E-state index contributed by atoms with van der Waals surface area (Å²) in [6.45, 7) is 1.97. The first-order valence-corrected chi connectivity index (χ1v) is 10.0. The van der Waals surface area contributed by atoms with Gasteiger partial charge in [-0.05, 0) is 31.4 Å². The Morgan fingerprint density at radius 1 is 0.962 bits per heavy atom. The summed E-state index contributed by atoms with van der Waals surface area (Å²) in [5, 5.41) is 0. The number of fused-ring (bicyclic) bond motifs is 6. The number of benzene rings is 2. The van der Waals surface area contributed by atoms with Crippen LogP contribution in [0, 0.1) is 24.7 Å². The molecule has 3 aliphatic carbocycles. The molecule has 1 saturated carbocycles. The van der Waals surface area contributed by atoms with Gasteiger partial charge in [0.25, 0.3) is 0 Å². The van der Waals surface area contributed by atoms with E-state index in [1.165, 1.54) is 0 Å². The molecule has 0 saturated heterocycles. The summed E-state index contributed by atoms with van der Waals surface area (Å²) in [6.07, 6.45) is 4.78. The average molecular weight is 362 g/mol. The first-order chi connectivity index (χ1) is 12.5. The van der Waals surface area contributed by atoms with E-state index in [0.29, 0.717) is 16.0 Å². The van der Waals surface area contributed by atoms with Gasteiger partial charge in [0.1, 0.15) is 4.75 Å². The molecule has 0 aromatic heterocycles. The summed E-state index contributed by atoms with van der Waals surface area (Å²) in [5.41, 5.74) is 1.99. The maximum absolute atomic E-state index is 13.8. The average Bonchev–Trinajstić information content (AvgIpc) is 3.27. The van der Waals surface area contributed by atoms with Crippen molar-refractivity contribution in [1.82, 2.24) is 0 Å². The Labute approximate surface area is 154 Å². The number of aryl methyl sites for hydroxylation is 1. The van der Waals surface area contributed by atoms with Gasteiger partial charge in [-0.1, -0.05) is 54.1 Å². The van der Waals surface area contributed by atoms with Crippen LogP contribution in [0.5, 0.6) is 0 Å². The molecule has 130 valence electrons. The minimum absolute atomic E-state index is 0.000737. The summed E-state index contributed by atoms with van der Waals surface area (Å²) in [7, 11) is -1.58. The van der Waals surface area contributed by atoms with E-state index in [4.69, 9.17) is 0 Å². The summed E-state index contributed by atoms with van der Waals surface area (Å²) in [5.74, 6) is -0.836. The van der Waals surface area contributed by atoms with E-state index in [1.54, 1.807) is 24.3 Å². The molecule has 2 aromatic rings. The van der Waals surface area contributed by atoms with Crippen molar-refractivity contribution in [1.29, 1.82) is 0 Å². The molecule has 2 aromatic carbocycles. The van der Waals surface area contributed by atoms with E-state index >= 15 is 0 Å².